The van der Waals surface area contributed by atoms with E-state index < -0.39 is 0 Å². The van der Waals surface area contributed by atoms with Crippen LogP contribution in [-0.2, 0) is 19.3 Å². The van der Waals surface area contributed by atoms with Gasteiger partial charge in [0.2, 0.25) is 5.89 Å². The van der Waals surface area contributed by atoms with Crippen LogP contribution in [0, 0.1) is 0 Å². The van der Waals surface area contributed by atoms with E-state index in [2.05, 4.69) is 10.1 Å². The molecule has 3 aromatic rings. The molecule has 1 fully saturated rings. The third kappa shape index (κ3) is 3.44. The zero-order valence-electron chi connectivity index (χ0n) is 16.9. The molecule has 2 aliphatic rings. The van der Waals surface area contributed by atoms with Crippen molar-refractivity contribution in [2.45, 2.75) is 88.1 Å². The molecule has 29 heavy (non-hydrogen) atoms. The molecule has 3 aromatic heterocycles. The largest absolute Gasteiger partial charge is 0.338 e. The maximum atomic E-state index is 13.7. The Morgan fingerprint density at radius 1 is 1.21 bits per heavy atom. The van der Waals surface area contributed by atoms with Gasteiger partial charge in [0.05, 0.1) is 10.6 Å². The second-order valence-corrected chi connectivity index (χ2v) is 10.5. The molecule has 0 radical (unpaired) electrons. The van der Waals surface area contributed by atoms with Crippen molar-refractivity contribution in [1.29, 1.82) is 0 Å². The van der Waals surface area contributed by atoms with Crippen LogP contribution >= 0.6 is 23.1 Å². The van der Waals surface area contributed by atoms with Crippen LogP contribution in [0.4, 0.5) is 0 Å². The SMILES string of the molecule is CCc1noc(C(C)Sc2nc3sc4c(c3c(=O)n2C2CCCC2)CCCC4)n1. The molecule has 0 amide bonds. The summed E-state index contributed by atoms with van der Waals surface area (Å²) in [7, 11) is 0. The minimum Gasteiger partial charge on any atom is -0.338 e. The summed E-state index contributed by atoms with van der Waals surface area (Å²) in [6.45, 7) is 4.06. The molecule has 154 valence electrons. The number of nitrogens with zero attached hydrogens (tertiary/aromatic N) is 4. The third-order valence-electron chi connectivity index (χ3n) is 6.11. The fourth-order valence-electron chi connectivity index (χ4n) is 4.55. The summed E-state index contributed by atoms with van der Waals surface area (Å²) in [6, 6.07) is 0.252. The van der Waals surface area contributed by atoms with Crippen LogP contribution in [0.2, 0.25) is 0 Å². The molecular weight excluding hydrogens is 404 g/mol. The number of thioether (sulfide) groups is 1. The van der Waals surface area contributed by atoms with Gasteiger partial charge < -0.3 is 4.52 Å². The Morgan fingerprint density at radius 3 is 2.76 bits per heavy atom. The Hall–Kier alpha value is -1.67. The monoisotopic (exact) mass is 430 g/mol. The summed E-state index contributed by atoms with van der Waals surface area (Å²) in [6.07, 6.45) is 9.71. The molecule has 0 aromatic carbocycles. The maximum absolute atomic E-state index is 13.7. The van der Waals surface area contributed by atoms with Crippen molar-refractivity contribution in [1.82, 2.24) is 19.7 Å². The Balaban J connectivity index is 1.61. The van der Waals surface area contributed by atoms with Crippen LogP contribution < -0.4 is 5.56 Å². The van der Waals surface area contributed by atoms with Gasteiger partial charge in [-0.2, -0.15) is 4.98 Å². The number of hydrogen-bond donors (Lipinski definition) is 0. The van der Waals surface area contributed by atoms with Crippen molar-refractivity contribution < 1.29 is 4.52 Å². The molecule has 2 aliphatic carbocycles. The first kappa shape index (κ1) is 19.3. The van der Waals surface area contributed by atoms with Crippen molar-refractivity contribution in [2.75, 3.05) is 0 Å². The number of aryl methyl sites for hydroxylation is 3. The summed E-state index contributed by atoms with van der Waals surface area (Å²) >= 11 is 3.29. The van der Waals surface area contributed by atoms with Gasteiger partial charge in [-0.3, -0.25) is 9.36 Å². The van der Waals surface area contributed by atoms with Crippen molar-refractivity contribution in [3.8, 4) is 0 Å². The first-order valence-corrected chi connectivity index (χ1v) is 12.4. The lowest BCUT2D eigenvalue weighted by atomic mass is 9.97. The number of fused-ring (bicyclic) bond motifs is 3. The minimum absolute atomic E-state index is 0.0469. The van der Waals surface area contributed by atoms with Crippen LogP contribution in [-0.4, -0.2) is 19.7 Å². The van der Waals surface area contributed by atoms with E-state index in [9.17, 15) is 4.79 Å². The fraction of sp³-hybridized carbons (Fsp3) is 0.619. The molecule has 3 heterocycles. The predicted molar refractivity (Wildman–Crippen MR) is 116 cm³/mol. The Labute approximate surface area is 178 Å². The average molecular weight is 431 g/mol. The molecule has 1 atom stereocenters. The quantitative estimate of drug-likeness (QED) is 0.406. The van der Waals surface area contributed by atoms with E-state index in [1.165, 1.54) is 36.1 Å². The van der Waals surface area contributed by atoms with Gasteiger partial charge in [-0.15, -0.1) is 11.3 Å². The van der Waals surface area contributed by atoms with E-state index in [4.69, 9.17) is 9.51 Å². The maximum Gasteiger partial charge on any atom is 0.263 e. The summed E-state index contributed by atoms with van der Waals surface area (Å²) in [5.74, 6) is 1.32. The first-order chi connectivity index (χ1) is 14.2. The highest BCUT2D eigenvalue weighted by Gasteiger charge is 2.28. The minimum atomic E-state index is -0.0469. The van der Waals surface area contributed by atoms with E-state index in [1.807, 2.05) is 18.4 Å². The lowest BCUT2D eigenvalue weighted by molar-refractivity contribution is 0.374. The van der Waals surface area contributed by atoms with Gasteiger partial charge in [0.1, 0.15) is 4.83 Å². The van der Waals surface area contributed by atoms with Crippen LogP contribution in [0.15, 0.2) is 14.5 Å². The normalized spacial score (nSPS) is 18.4. The zero-order chi connectivity index (χ0) is 20.0. The van der Waals surface area contributed by atoms with Crippen LogP contribution in [0.25, 0.3) is 10.2 Å². The Bertz CT molecular complexity index is 1090. The van der Waals surface area contributed by atoms with Crippen molar-refractivity contribution >= 4 is 33.3 Å². The van der Waals surface area contributed by atoms with Gasteiger partial charge in [-0.1, -0.05) is 36.7 Å². The molecule has 0 N–H and O–H groups in total. The third-order valence-corrected chi connectivity index (χ3v) is 8.35. The summed E-state index contributed by atoms with van der Waals surface area (Å²) in [4.78, 5) is 25.5. The van der Waals surface area contributed by atoms with E-state index in [-0.39, 0.29) is 16.9 Å². The lowest BCUT2D eigenvalue weighted by Crippen LogP contribution is -2.27. The fourth-order valence-corrected chi connectivity index (χ4v) is 6.86. The summed E-state index contributed by atoms with van der Waals surface area (Å²) in [5.41, 5.74) is 1.44. The predicted octanol–water partition coefficient (Wildman–Crippen LogP) is 5.25. The Kier molecular flexibility index (Phi) is 5.24. The highest BCUT2D eigenvalue weighted by Crippen LogP contribution is 2.40. The number of hydrogen-bond acceptors (Lipinski definition) is 7. The van der Waals surface area contributed by atoms with Gasteiger partial charge >= 0.3 is 0 Å². The second-order valence-electron chi connectivity index (χ2n) is 8.06. The highest BCUT2D eigenvalue weighted by molar-refractivity contribution is 7.99. The van der Waals surface area contributed by atoms with Crippen LogP contribution in [0.1, 0.15) is 85.8 Å². The number of thiophene rings is 1. The molecule has 0 saturated heterocycles. The average Bonchev–Trinajstić information content (AvgIpc) is 3.46. The standard InChI is InChI=1S/C21H26N4O2S2/c1-3-16-22-18(27-24-16)12(2)28-21-23-19-17(14-10-6-7-11-15(14)29-19)20(26)25(21)13-8-4-5-9-13/h12-13H,3-11H2,1-2H3. The molecule has 0 aliphatic heterocycles. The van der Waals surface area contributed by atoms with Crippen molar-refractivity contribution in [3.63, 3.8) is 0 Å². The molecule has 0 bridgehead atoms. The lowest BCUT2D eigenvalue weighted by Gasteiger charge is -2.19. The van der Waals surface area contributed by atoms with Gasteiger partial charge in [0.25, 0.3) is 5.56 Å². The molecule has 6 nitrogen and oxygen atoms in total. The topological polar surface area (TPSA) is 73.8 Å². The summed E-state index contributed by atoms with van der Waals surface area (Å²) in [5, 5.41) is 5.67. The molecule has 0 spiro atoms. The molecule has 1 unspecified atom stereocenters. The van der Waals surface area contributed by atoms with Crippen LogP contribution in [0.3, 0.4) is 0 Å². The first-order valence-electron chi connectivity index (χ1n) is 10.7. The highest BCUT2D eigenvalue weighted by atomic mass is 32.2. The zero-order valence-corrected chi connectivity index (χ0v) is 18.6. The number of rotatable bonds is 5. The summed E-state index contributed by atoms with van der Waals surface area (Å²) < 4.78 is 7.44. The van der Waals surface area contributed by atoms with Gasteiger partial charge in [0.15, 0.2) is 11.0 Å². The van der Waals surface area contributed by atoms with Gasteiger partial charge in [0, 0.05) is 17.3 Å². The smallest absolute Gasteiger partial charge is 0.263 e. The molecule has 5 rings (SSSR count). The van der Waals surface area contributed by atoms with Crippen molar-refractivity contribution in [3.05, 3.63) is 32.5 Å². The van der Waals surface area contributed by atoms with E-state index in [0.717, 1.165) is 53.3 Å². The van der Waals surface area contributed by atoms with Crippen LogP contribution in [0.5, 0.6) is 0 Å². The van der Waals surface area contributed by atoms with E-state index >= 15 is 0 Å². The molecule has 1 saturated carbocycles. The molecule has 8 heteroatoms. The van der Waals surface area contributed by atoms with E-state index in [1.54, 1.807) is 23.1 Å². The van der Waals surface area contributed by atoms with E-state index in [0.29, 0.717) is 5.89 Å². The Morgan fingerprint density at radius 2 is 2.00 bits per heavy atom. The van der Waals surface area contributed by atoms with Crippen molar-refractivity contribution in [2.24, 2.45) is 0 Å². The van der Waals surface area contributed by atoms with Gasteiger partial charge in [-0.05, 0) is 51.0 Å². The second kappa shape index (κ2) is 7.87. The number of aromatic nitrogens is 4. The molecular formula is C21H26N4O2S2. The van der Waals surface area contributed by atoms with Gasteiger partial charge in [-0.25, -0.2) is 4.98 Å².